The number of rotatable bonds is 4. The Kier molecular flexibility index (Phi) is 6.93. The SMILES string of the molecule is Cc1nc2cc(C(F)(F)F)c(C(C)Nc3ncc(C(=O)N4CC(C)C(O)C(C)C4)cc3F)nc2c(=O)[nH]1. The zero-order valence-electron chi connectivity index (χ0n) is 20.5. The van der Waals surface area contributed by atoms with Gasteiger partial charge in [-0.25, -0.2) is 19.3 Å². The third-order valence-electron chi connectivity index (χ3n) is 6.46. The number of H-pyrrole nitrogens is 1. The third-order valence-corrected chi connectivity index (χ3v) is 6.46. The second-order valence-corrected chi connectivity index (χ2v) is 9.51. The number of pyridine rings is 2. The number of aliphatic hydroxyl groups is 1. The van der Waals surface area contributed by atoms with Crippen molar-refractivity contribution in [2.24, 2.45) is 11.8 Å². The van der Waals surface area contributed by atoms with Crippen LogP contribution >= 0.6 is 0 Å². The summed E-state index contributed by atoms with van der Waals surface area (Å²) in [6.45, 7) is 6.98. The van der Waals surface area contributed by atoms with E-state index in [4.69, 9.17) is 0 Å². The summed E-state index contributed by atoms with van der Waals surface area (Å²) in [5.41, 5.74) is -2.89. The van der Waals surface area contributed by atoms with Crippen molar-refractivity contribution in [3.8, 4) is 0 Å². The van der Waals surface area contributed by atoms with Crippen LogP contribution in [0, 0.1) is 24.6 Å². The molecule has 3 aromatic heterocycles. The van der Waals surface area contributed by atoms with Crippen LogP contribution in [0.2, 0.25) is 0 Å². The average Bonchev–Trinajstić information content (AvgIpc) is 2.81. The maximum atomic E-state index is 14.9. The summed E-state index contributed by atoms with van der Waals surface area (Å²) in [5.74, 6) is -1.97. The first-order valence-electron chi connectivity index (χ1n) is 11.6. The third kappa shape index (κ3) is 5.26. The highest BCUT2D eigenvalue weighted by Gasteiger charge is 2.37. The van der Waals surface area contributed by atoms with E-state index in [0.29, 0.717) is 13.1 Å². The topological polar surface area (TPSA) is 124 Å². The Morgan fingerprint density at radius 1 is 1.22 bits per heavy atom. The minimum Gasteiger partial charge on any atom is -0.392 e. The van der Waals surface area contributed by atoms with E-state index in [1.165, 1.54) is 18.7 Å². The van der Waals surface area contributed by atoms with Gasteiger partial charge in [0.1, 0.15) is 5.82 Å². The van der Waals surface area contributed by atoms with E-state index >= 15 is 0 Å². The molecule has 198 valence electrons. The lowest BCUT2D eigenvalue weighted by molar-refractivity contribution is -0.138. The first kappa shape index (κ1) is 26.5. The van der Waals surface area contributed by atoms with Gasteiger partial charge < -0.3 is 20.3 Å². The summed E-state index contributed by atoms with van der Waals surface area (Å²) >= 11 is 0. The van der Waals surface area contributed by atoms with E-state index in [1.54, 1.807) is 0 Å². The van der Waals surface area contributed by atoms with E-state index in [9.17, 15) is 32.3 Å². The first-order valence-corrected chi connectivity index (χ1v) is 11.6. The van der Waals surface area contributed by atoms with Crippen molar-refractivity contribution in [2.75, 3.05) is 18.4 Å². The molecular weight excluding hydrogens is 496 g/mol. The Balaban J connectivity index is 1.62. The van der Waals surface area contributed by atoms with Crippen molar-refractivity contribution in [2.45, 2.75) is 46.0 Å². The van der Waals surface area contributed by atoms with Crippen LogP contribution in [0.3, 0.4) is 0 Å². The number of aliphatic hydroxyl groups excluding tert-OH is 1. The molecule has 0 bridgehead atoms. The van der Waals surface area contributed by atoms with Crippen LogP contribution in [0.15, 0.2) is 23.1 Å². The van der Waals surface area contributed by atoms with Gasteiger partial charge in [0.15, 0.2) is 17.2 Å². The number of piperidine rings is 1. The average molecular weight is 523 g/mol. The molecule has 37 heavy (non-hydrogen) atoms. The zero-order valence-corrected chi connectivity index (χ0v) is 20.5. The van der Waals surface area contributed by atoms with Gasteiger partial charge in [0.25, 0.3) is 11.5 Å². The van der Waals surface area contributed by atoms with Gasteiger partial charge in [0.05, 0.1) is 34.5 Å². The Morgan fingerprint density at radius 2 is 1.86 bits per heavy atom. The number of anilines is 1. The smallest absolute Gasteiger partial charge is 0.392 e. The maximum Gasteiger partial charge on any atom is 0.418 e. The van der Waals surface area contributed by atoms with Crippen LogP contribution in [0.5, 0.6) is 0 Å². The first-order chi connectivity index (χ1) is 17.3. The number of aromatic amines is 1. The predicted octanol–water partition coefficient (Wildman–Crippen LogP) is 3.44. The summed E-state index contributed by atoms with van der Waals surface area (Å²) < 4.78 is 56.4. The van der Waals surface area contributed by atoms with Crippen molar-refractivity contribution in [1.29, 1.82) is 0 Å². The Morgan fingerprint density at radius 3 is 2.46 bits per heavy atom. The molecule has 0 aliphatic carbocycles. The molecule has 1 aliphatic rings. The number of carbonyl (C=O) groups excluding carboxylic acids is 1. The Hall–Kier alpha value is -3.61. The molecule has 1 saturated heterocycles. The molecule has 1 fully saturated rings. The summed E-state index contributed by atoms with van der Waals surface area (Å²) in [4.78, 5) is 40.8. The standard InChI is InChI=1S/C24H26F4N6O3/c1-10-8-34(9-11(2)20(10)35)23(37)14-5-16(25)21(29-7-14)30-12(3)18-15(24(26,27)28)6-17-19(33-18)22(36)32-13(4)31-17/h5-7,10-12,20,35H,8-9H2,1-4H3,(H,29,30)(H,31,32,36). The molecule has 1 amide bonds. The fraction of sp³-hybridized carbons (Fsp3) is 0.458. The second kappa shape index (κ2) is 9.69. The number of aryl methyl sites for hydroxylation is 1. The normalized spacial score (nSPS) is 21.2. The molecule has 0 spiro atoms. The molecule has 3 N–H and O–H groups in total. The largest absolute Gasteiger partial charge is 0.418 e. The number of amides is 1. The molecule has 4 rings (SSSR count). The van der Waals surface area contributed by atoms with E-state index in [1.807, 2.05) is 13.8 Å². The Bertz CT molecular complexity index is 1400. The molecule has 1 aliphatic heterocycles. The highest BCUT2D eigenvalue weighted by Crippen LogP contribution is 2.36. The molecule has 13 heteroatoms. The maximum absolute atomic E-state index is 14.9. The molecule has 3 unspecified atom stereocenters. The summed E-state index contributed by atoms with van der Waals surface area (Å²) in [7, 11) is 0. The van der Waals surface area contributed by atoms with Crippen molar-refractivity contribution >= 4 is 22.8 Å². The molecule has 4 heterocycles. The monoisotopic (exact) mass is 522 g/mol. The van der Waals surface area contributed by atoms with Crippen molar-refractivity contribution < 1.29 is 27.5 Å². The van der Waals surface area contributed by atoms with Gasteiger partial charge in [0, 0.05) is 19.3 Å². The Labute approximate surface area is 209 Å². The molecule has 0 radical (unpaired) electrons. The van der Waals surface area contributed by atoms with Gasteiger partial charge in [-0.15, -0.1) is 0 Å². The van der Waals surface area contributed by atoms with E-state index in [0.717, 1.165) is 18.3 Å². The van der Waals surface area contributed by atoms with Crippen LogP contribution in [-0.4, -0.2) is 55.0 Å². The number of alkyl halides is 3. The molecule has 0 aromatic carbocycles. The van der Waals surface area contributed by atoms with Crippen LogP contribution in [0.25, 0.3) is 11.0 Å². The highest BCUT2D eigenvalue weighted by molar-refractivity contribution is 5.94. The molecule has 3 aromatic rings. The summed E-state index contributed by atoms with van der Waals surface area (Å²) in [6.07, 6.45) is -4.23. The van der Waals surface area contributed by atoms with Crippen LogP contribution in [0.4, 0.5) is 23.4 Å². The predicted molar refractivity (Wildman–Crippen MR) is 126 cm³/mol. The van der Waals surface area contributed by atoms with Crippen molar-refractivity contribution in [1.82, 2.24) is 24.8 Å². The van der Waals surface area contributed by atoms with Crippen LogP contribution in [0.1, 0.15) is 54.3 Å². The number of halogens is 4. The van der Waals surface area contributed by atoms with E-state index in [2.05, 4.69) is 25.3 Å². The number of nitrogens with zero attached hydrogens (tertiary/aromatic N) is 4. The van der Waals surface area contributed by atoms with Gasteiger partial charge in [-0.3, -0.25) is 9.59 Å². The van der Waals surface area contributed by atoms with Gasteiger partial charge in [0.2, 0.25) is 0 Å². The quantitative estimate of drug-likeness (QED) is 0.449. The summed E-state index contributed by atoms with van der Waals surface area (Å²) in [6, 6.07) is 0.484. The van der Waals surface area contributed by atoms with Crippen molar-refractivity contribution in [3.63, 3.8) is 0 Å². The number of carbonyl (C=O) groups is 1. The second-order valence-electron chi connectivity index (χ2n) is 9.51. The molecule has 9 nitrogen and oxygen atoms in total. The molecular formula is C24H26F4N6O3. The zero-order chi connectivity index (χ0) is 27.2. The van der Waals surface area contributed by atoms with Crippen LogP contribution in [-0.2, 0) is 6.18 Å². The summed E-state index contributed by atoms with van der Waals surface area (Å²) in [5, 5.41) is 12.7. The molecule has 3 atom stereocenters. The fourth-order valence-electron chi connectivity index (χ4n) is 4.59. The lowest BCUT2D eigenvalue weighted by Gasteiger charge is -2.38. The number of hydrogen-bond acceptors (Lipinski definition) is 7. The number of aromatic nitrogens is 4. The van der Waals surface area contributed by atoms with Gasteiger partial charge >= 0.3 is 6.18 Å². The number of hydrogen-bond donors (Lipinski definition) is 3. The lowest BCUT2D eigenvalue weighted by Crippen LogP contribution is -2.49. The highest BCUT2D eigenvalue weighted by atomic mass is 19.4. The number of fused-ring (bicyclic) bond motifs is 1. The minimum atomic E-state index is -4.82. The number of nitrogens with one attached hydrogen (secondary N) is 2. The van der Waals surface area contributed by atoms with Gasteiger partial charge in [-0.2, -0.15) is 13.2 Å². The molecule has 0 saturated carbocycles. The lowest BCUT2D eigenvalue weighted by atomic mass is 9.88. The number of likely N-dealkylation sites (tertiary alicyclic amines) is 1. The van der Waals surface area contributed by atoms with Crippen LogP contribution < -0.4 is 10.9 Å². The van der Waals surface area contributed by atoms with Gasteiger partial charge in [-0.05, 0) is 37.8 Å². The fourth-order valence-corrected chi connectivity index (χ4v) is 4.59. The van der Waals surface area contributed by atoms with E-state index in [-0.39, 0.29) is 40.1 Å². The minimum absolute atomic E-state index is 0.0284. The van der Waals surface area contributed by atoms with Gasteiger partial charge in [-0.1, -0.05) is 13.8 Å². The van der Waals surface area contributed by atoms with E-state index < -0.39 is 46.9 Å². The van der Waals surface area contributed by atoms with Crippen molar-refractivity contribution in [3.05, 3.63) is 57.1 Å².